The predicted octanol–water partition coefficient (Wildman–Crippen LogP) is 4.89. The number of benzene rings is 1. The van der Waals surface area contributed by atoms with Crippen LogP contribution in [0.1, 0.15) is 64.9 Å². The van der Waals surface area contributed by atoms with Crippen LogP contribution in [0.25, 0.3) is 0 Å². The number of rotatable bonds is 4. The van der Waals surface area contributed by atoms with Gasteiger partial charge in [-0.05, 0) is 41.4 Å². The molecule has 1 aromatic rings. The minimum Gasteiger partial charge on any atom is -0.493 e. The highest BCUT2D eigenvalue weighted by Crippen LogP contribution is 2.52. The molecule has 0 spiro atoms. The lowest BCUT2D eigenvalue weighted by Gasteiger charge is -2.44. The standard InChI is InChI=1S/C27H31NO4/c1-7-10-32-21-9-8-16(11-22(21)31-6)23-24-17(12-26(2,3)14-19(24)29)28-18-13-27(4,5)15-20(30)25(18)23/h1,8-9,11,23-24H,10,12-15H2,2-6H3/t23-,24?/m0/s1. The van der Waals surface area contributed by atoms with E-state index in [0.717, 1.165) is 29.8 Å². The van der Waals surface area contributed by atoms with Gasteiger partial charge in [0.1, 0.15) is 12.4 Å². The Morgan fingerprint density at radius 1 is 1.03 bits per heavy atom. The minimum atomic E-state index is -0.408. The van der Waals surface area contributed by atoms with Crippen LogP contribution in [0.5, 0.6) is 11.5 Å². The van der Waals surface area contributed by atoms with Crippen molar-refractivity contribution in [2.75, 3.05) is 13.7 Å². The monoisotopic (exact) mass is 433 g/mol. The van der Waals surface area contributed by atoms with Crippen LogP contribution >= 0.6 is 0 Å². The van der Waals surface area contributed by atoms with E-state index in [9.17, 15) is 9.59 Å². The van der Waals surface area contributed by atoms with Gasteiger partial charge in [0.15, 0.2) is 17.3 Å². The Balaban J connectivity index is 1.86. The number of carbonyl (C=O) groups is 2. The molecule has 2 atom stereocenters. The number of ketones is 2. The molecule has 2 aliphatic carbocycles. The molecular weight excluding hydrogens is 402 g/mol. The summed E-state index contributed by atoms with van der Waals surface area (Å²) in [6.45, 7) is 8.56. The average molecular weight is 434 g/mol. The zero-order valence-electron chi connectivity index (χ0n) is 19.6. The molecule has 1 unspecified atom stereocenters. The Bertz CT molecular complexity index is 1080. The molecule has 4 rings (SSSR count). The van der Waals surface area contributed by atoms with Crippen LogP contribution in [0, 0.1) is 29.1 Å². The maximum Gasteiger partial charge on any atom is 0.162 e. The van der Waals surface area contributed by atoms with Gasteiger partial charge in [-0.1, -0.05) is 39.7 Å². The number of nitrogens with zero attached hydrogens (tertiary/aromatic N) is 1. The SMILES string of the molecule is C#CCOc1ccc([C@@H]2C3=C(CC(C)(C)CC3=O)N=C3CC(C)(C)CC(=O)C32)cc1OC. The van der Waals surface area contributed by atoms with E-state index in [1.54, 1.807) is 7.11 Å². The molecule has 168 valence electrons. The van der Waals surface area contributed by atoms with Gasteiger partial charge in [-0.25, -0.2) is 0 Å². The highest BCUT2D eigenvalue weighted by atomic mass is 16.5. The lowest BCUT2D eigenvalue weighted by molar-refractivity contribution is -0.124. The summed E-state index contributed by atoms with van der Waals surface area (Å²) in [4.78, 5) is 31.8. The first kappa shape index (κ1) is 22.3. The van der Waals surface area contributed by atoms with Gasteiger partial charge in [-0.2, -0.15) is 0 Å². The molecule has 1 fully saturated rings. The molecule has 0 bridgehead atoms. The van der Waals surface area contributed by atoms with Gasteiger partial charge >= 0.3 is 0 Å². The summed E-state index contributed by atoms with van der Waals surface area (Å²) >= 11 is 0. The molecule has 1 saturated carbocycles. The van der Waals surface area contributed by atoms with Crippen molar-refractivity contribution in [2.45, 2.75) is 59.3 Å². The Morgan fingerprint density at radius 2 is 1.75 bits per heavy atom. The molecule has 1 aromatic carbocycles. The molecule has 0 amide bonds. The Morgan fingerprint density at radius 3 is 2.44 bits per heavy atom. The molecule has 5 nitrogen and oxygen atoms in total. The van der Waals surface area contributed by atoms with Crippen LogP contribution in [-0.4, -0.2) is 31.0 Å². The summed E-state index contributed by atoms with van der Waals surface area (Å²) < 4.78 is 11.2. The number of carbonyl (C=O) groups excluding carboxylic acids is 2. The van der Waals surface area contributed by atoms with Gasteiger partial charge in [0.2, 0.25) is 0 Å². The minimum absolute atomic E-state index is 0.0910. The van der Waals surface area contributed by atoms with E-state index in [2.05, 4.69) is 33.6 Å². The highest BCUT2D eigenvalue weighted by molar-refractivity contribution is 6.13. The normalized spacial score (nSPS) is 25.9. The summed E-state index contributed by atoms with van der Waals surface area (Å²) in [5.41, 5.74) is 3.06. The van der Waals surface area contributed by atoms with Crippen LogP contribution in [0.3, 0.4) is 0 Å². The molecule has 1 heterocycles. The third-order valence-corrected chi connectivity index (χ3v) is 6.70. The predicted molar refractivity (Wildman–Crippen MR) is 124 cm³/mol. The number of terminal acetylenes is 1. The van der Waals surface area contributed by atoms with E-state index in [1.807, 2.05) is 18.2 Å². The largest absolute Gasteiger partial charge is 0.493 e. The number of allylic oxidation sites excluding steroid dienone is 2. The van der Waals surface area contributed by atoms with Gasteiger partial charge < -0.3 is 9.47 Å². The zero-order chi connectivity index (χ0) is 23.3. The van der Waals surface area contributed by atoms with E-state index in [4.69, 9.17) is 20.9 Å². The summed E-state index contributed by atoms with van der Waals surface area (Å²) in [6, 6.07) is 5.61. The second kappa shape index (κ2) is 7.92. The van der Waals surface area contributed by atoms with E-state index in [0.29, 0.717) is 29.9 Å². The van der Waals surface area contributed by atoms with Gasteiger partial charge in [0.05, 0.1) is 13.0 Å². The molecule has 0 aromatic heterocycles. The van der Waals surface area contributed by atoms with Crippen molar-refractivity contribution in [1.29, 1.82) is 0 Å². The zero-order valence-corrected chi connectivity index (χ0v) is 19.6. The topological polar surface area (TPSA) is 65.0 Å². The number of fused-ring (bicyclic) bond motifs is 1. The highest BCUT2D eigenvalue weighted by Gasteiger charge is 2.49. The lowest BCUT2D eigenvalue weighted by atomic mass is 9.60. The quantitative estimate of drug-likeness (QED) is 0.634. The number of methoxy groups -OCH3 is 1. The Hall–Kier alpha value is -2.87. The summed E-state index contributed by atoms with van der Waals surface area (Å²) in [6.07, 6.45) is 7.75. The molecule has 0 radical (unpaired) electrons. The average Bonchev–Trinajstić information content (AvgIpc) is 2.68. The van der Waals surface area contributed by atoms with Crippen molar-refractivity contribution in [3.8, 4) is 23.8 Å². The number of hydrogen-bond acceptors (Lipinski definition) is 5. The van der Waals surface area contributed by atoms with Crippen LogP contribution in [0.15, 0.2) is 34.5 Å². The van der Waals surface area contributed by atoms with Crippen LogP contribution in [0.4, 0.5) is 0 Å². The van der Waals surface area contributed by atoms with E-state index >= 15 is 0 Å². The molecule has 32 heavy (non-hydrogen) atoms. The third-order valence-electron chi connectivity index (χ3n) is 6.70. The van der Waals surface area contributed by atoms with Crippen molar-refractivity contribution in [3.05, 3.63) is 35.0 Å². The molecule has 3 aliphatic rings. The van der Waals surface area contributed by atoms with Crippen molar-refractivity contribution in [2.24, 2.45) is 21.7 Å². The Kier molecular flexibility index (Phi) is 5.53. The second-order valence-corrected chi connectivity index (χ2v) is 10.7. The van der Waals surface area contributed by atoms with Crippen molar-refractivity contribution >= 4 is 17.3 Å². The molecule has 1 aliphatic heterocycles. The smallest absolute Gasteiger partial charge is 0.162 e. The summed E-state index contributed by atoms with van der Waals surface area (Å²) in [5, 5.41) is 0. The lowest BCUT2D eigenvalue weighted by Crippen LogP contribution is -2.45. The number of aliphatic imine (C=N–C) groups is 1. The first-order valence-electron chi connectivity index (χ1n) is 11.2. The maximum absolute atomic E-state index is 13.4. The van der Waals surface area contributed by atoms with E-state index in [1.165, 1.54) is 0 Å². The van der Waals surface area contributed by atoms with Gasteiger partial charge in [-0.3, -0.25) is 14.6 Å². The summed E-state index contributed by atoms with van der Waals surface area (Å²) in [7, 11) is 1.57. The Labute approximate surface area is 190 Å². The molecule has 0 saturated heterocycles. The molecular formula is C27H31NO4. The first-order chi connectivity index (χ1) is 15.0. The maximum atomic E-state index is 13.4. The molecule has 5 heteroatoms. The number of hydrogen-bond donors (Lipinski definition) is 0. The van der Waals surface area contributed by atoms with Crippen LogP contribution < -0.4 is 9.47 Å². The van der Waals surface area contributed by atoms with Crippen molar-refractivity contribution in [1.82, 2.24) is 0 Å². The van der Waals surface area contributed by atoms with Crippen molar-refractivity contribution < 1.29 is 19.1 Å². The van der Waals surface area contributed by atoms with E-state index < -0.39 is 5.92 Å². The fourth-order valence-corrected chi connectivity index (χ4v) is 5.49. The number of Topliss-reactive ketones (excluding diaryl/α,β-unsaturated/α-hetero) is 2. The fourth-order valence-electron chi connectivity index (χ4n) is 5.49. The van der Waals surface area contributed by atoms with E-state index in [-0.39, 0.29) is 34.9 Å². The third kappa shape index (κ3) is 3.99. The fraction of sp³-hybridized carbons (Fsp3) is 0.519. The van der Waals surface area contributed by atoms with Crippen LogP contribution in [0.2, 0.25) is 0 Å². The van der Waals surface area contributed by atoms with Gasteiger partial charge in [-0.15, -0.1) is 6.42 Å². The van der Waals surface area contributed by atoms with Crippen LogP contribution in [-0.2, 0) is 9.59 Å². The summed E-state index contributed by atoms with van der Waals surface area (Å²) in [5.74, 6) is 3.03. The molecule has 0 N–H and O–H groups in total. The first-order valence-corrected chi connectivity index (χ1v) is 11.2. The number of ether oxygens (including phenoxy) is 2. The van der Waals surface area contributed by atoms with Crippen molar-refractivity contribution in [3.63, 3.8) is 0 Å². The second-order valence-electron chi connectivity index (χ2n) is 10.7. The van der Waals surface area contributed by atoms with Gasteiger partial charge in [0.25, 0.3) is 0 Å². The van der Waals surface area contributed by atoms with Gasteiger partial charge in [0, 0.05) is 35.7 Å².